The maximum absolute atomic E-state index is 13.0. The monoisotopic (exact) mass is 368 g/mol. The van der Waals surface area contributed by atoms with Crippen LogP contribution >= 0.6 is 0 Å². The van der Waals surface area contributed by atoms with Gasteiger partial charge < -0.3 is 0 Å². The number of amides is 1. The zero-order valence-electron chi connectivity index (χ0n) is 16.0. The van der Waals surface area contributed by atoms with Crippen LogP contribution in [0.4, 0.5) is 0 Å². The highest BCUT2D eigenvalue weighted by atomic mass is 16.2. The maximum atomic E-state index is 13.0. The molecule has 3 aromatic rings. The number of nitrogens with one attached hydrogen (secondary N) is 1. The second kappa shape index (κ2) is 7.81. The highest BCUT2D eigenvalue weighted by Crippen LogP contribution is 2.58. The lowest BCUT2D eigenvalue weighted by Gasteiger charge is -2.18. The first-order valence-corrected chi connectivity index (χ1v) is 9.78. The van der Waals surface area contributed by atoms with Gasteiger partial charge >= 0.3 is 0 Å². The number of rotatable bonds is 6. The van der Waals surface area contributed by atoms with Gasteiger partial charge in [0.1, 0.15) is 0 Å². The average Bonchev–Trinajstić information content (AvgIpc) is 3.53. The van der Waals surface area contributed by atoms with Gasteiger partial charge in [0, 0.05) is 5.41 Å². The summed E-state index contributed by atoms with van der Waals surface area (Å²) in [6.45, 7) is 2.05. The van der Waals surface area contributed by atoms with E-state index < -0.39 is 0 Å². The van der Waals surface area contributed by atoms with Crippen molar-refractivity contribution < 1.29 is 4.79 Å². The fourth-order valence-electron chi connectivity index (χ4n) is 4.03. The van der Waals surface area contributed by atoms with Gasteiger partial charge in [0.15, 0.2) is 0 Å². The molecular formula is C25H24N2O. The number of hydrogen-bond acceptors (Lipinski definition) is 2. The van der Waals surface area contributed by atoms with Crippen LogP contribution in [0.2, 0.25) is 0 Å². The lowest BCUT2D eigenvalue weighted by atomic mass is 9.85. The second-order valence-electron chi connectivity index (χ2n) is 7.21. The summed E-state index contributed by atoms with van der Waals surface area (Å²) < 4.78 is 0. The summed E-state index contributed by atoms with van der Waals surface area (Å²) in [6, 6.07) is 30.6. The van der Waals surface area contributed by atoms with Crippen LogP contribution in [0.25, 0.3) is 0 Å². The predicted octanol–water partition coefficient (Wildman–Crippen LogP) is 4.92. The van der Waals surface area contributed by atoms with Gasteiger partial charge in [-0.1, -0.05) is 97.9 Å². The van der Waals surface area contributed by atoms with Crippen molar-refractivity contribution >= 4 is 11.6 Å². The van der Waals surface area contributed by atoms with E-state index in [2.05, 4.69) is 34.8 Å². The molecule has 3 heteroatoms. The Morgan fingerprint density at radius 1 is 0.893 bits per heavy atom. The second-order valence-corrected chi connectivity index (χ2v) is 7.21. The third kappa shape index (κ3) is 3.36. The molecule has 4 rings (SSSR count). The molecule has 1 saturated carbocycles. The molecule has 0 saturated heterocycles. The minimum atomic E-state index is -0.263. The zero-order chi connectivity index (χ0) is 19.4. The molecule has 0 radical (unpaired) electrons. The number of benzene rings is 3. The SMILES string of the molecule is CC/C(=N/NC(=O)[C@@H]1CC1(c1ccccc1)c1ccccc1)c1ccccc1. The number of carbonyl (C=O) groups excluding carboxylic acids is 1. The number of carbonyl (C=O) groups is 1. The van der Waals surface area contributed by atoms with Crippen LogP contribution in [-0.4, -0.2) is 11.6 Å². The highest BCUT2D eigenvalue weighted by molar-refractivity contribution is 6.01. The number of hydrogen-bond donors (Lipinski definition) is 1. The Morgan fingerprint density at radius 2 is 1.39 bits per heavy atom. The van der Waals surface area contributed by atoms with E-state index in [0.717, 1.165) is 24.1 Å². The predicted molar refractivity (Wildman–Crippen MR) is 113 cm³/mol. The summed E-state index contributed by atoms with van der Waals surface area (Å²) in [6.07, 6.45) is 1.56. The normalized spacial score (nSPS) is 17.8. The highest BCUT2D eigenvalue weighted by Gasteiger charge is 2.60. The van der Waals surface area contributed by atoms with E-state index in [0.29, 0.717) is 0 Å². The van der Waals surface area contributed by atoms with Crippen molar-refractivity contribution in [2.75, 3.05) is 0 Å². The Hall–Kier alpha value is -3.20. The van der Waals surface area contributed by atoms with Gasteiger partial charge in [-0.05, 0) is 29.5 Å². The van der Waals surface area contributed by atoms with Crippen molar-refractivity contribution in [1.29, 1.82) is 0 Å². The van der Waals surface area contributed by atoms with Crippen molar-refractivity contribution in [3.63, 3.8) is 0 Å². The molecule has 0 heterocycles. The van der Waals surface area contributed by atoms with Gasteiger partial charge in [-0.2, -0.15) is 5.10 Å². The summed E-state index contributed by atoms with van der Waals surface area (Å²) in [5, 5.41) is 4.44. The molecule has 0 spiro atoms. The lowest BCUT2D eigenvalue weighted by Crippen LogP contribution is -2.26. The van der Waals surface area contributed by atoms with E-state index in [1.807, 2.05) is 73.7 Å². The molecule has 3 aromatic carbocycles. The fourth-order valence-corrected chi connectivity index (χ4v) is 4.03. The van der Waals surface area contributed by atoms with Crippen LogP contribution in [0.5, 0.6) is 0 Å². The molecule has 0 aromatic heterocycles. The van der Waals surface area contributed by atoms with Crippen LogP contribution < -0.4 is 5.43 Å². The van der Waals surface area contributed by atoms with Gasteiger partial charge in [-0.25, -0.2) is 5.43 Å². The zero-order valence-corrected chi connectivity index (χ0v) is 16.0. The first-order chi connectivity index (χ1) is 13.8. The van der Waals surface area contributed by atoms with Crippen molar-refractivity contribution in [2.45, 2.75) is 25.2 Å². The van der Waals surface area contributed by atoms with E-state index >= 15 is 0 Å². The molecule has 0 bridgehead atoms. The molecule has 1 atom stereocenters. The van der Waals surface area contributed by atoms with Gasteiger partial charge in [0.05, 0.1) is 11.6 Å². The average molecular weight is 368 g/mol. The smallest absolute Gasteiger partial charge is 0.244 e. The first-order valence-electron chi connectivity index (χ1n) is 9.78. The summed E-state index contributed by atoms with van der Waals surface area (Å²) >= 11 is 0. The van der Waals surface area contributed by atoms with Crippen molar-refractivity contribution in [1.82, 2.24) is 5.43 Å². The molecular weight excluding hydrogens is 344 g/mol. The maximum Gasteiger partial charge on any atom is 0.244 e. The Morgan fingerprint density at radius 3 is 1.89 bits per heavy atom. The Labute approximate surface area is 166 Å². The fraction of sp³-hybridized carbons (Fsp3) is 0.200. The van der Waals surface area contributed by atoms with E-state index in [1.165, 1.54) is 11.1 Å². The molecule has 140 valence electrons. The minimum Gasteiger partial charge on any atom is -0.273 e. The Bertz CT molecular complexity index is 926. The largest absolute Gasteiger partial charge is 0.273 e. The van der Waals surface area contributed by atoms with Crippen LogP contribution in [0.15, 0.2) is 96.1 Å². The third-order valence-corrected chi connectivity index (χ3v) is 5.60. The molecule has 3 nitrogen and oxygen atoms in total. The molecule has 0 aliphatic heterocycles. The van der Waals surface area contributed by atoms with Crippen molar-refractivity contribution in [3.8, 4) is 0 Å². The standard InChI is InChI=1S/C25H24N2O/c1-2-23(19-12-6-3-7-13-19)26-27-24(28)22-18-25(22,20-14-8-4-9-15-20)21-16-10-5-11-17-21/h3-17,22H,2,18H2,1H3,(H,27,28)/b26-23-/t22-/m0/s1. The van der Waals surface area contributed by atoms with E-state index in [-0.39, 0.29) is 17.2 Å². The molecule has 28 heavy (non-hydrogen) atoms. The molecule has 0 unspecified atom stereocenters. The van der Waals surface area contributed by atoms with Crippen LogP contribution in [0.3, 0.4) is 0 Å². The summed E-state index contributed by atoms with van der Waals surface area (Å²) in [7, 11) is 0. The molecule has 1 aliphatic carbocycles. The lowest BCUT2D eigenvalue weighted by molar-refractivity contribution is -0.122. The Balaban J connectivity index is 1.59. The van der Waals surface area contributed by atoms with Gasteiger partial charge in [0.2, 0.25) is 5.91 Å². The van der Waals surface area contributed by atoms with Gasteiger partial charge in [-0.15, -0.1) is 0 Å². The van der Waals surface area contributed by atoms with Gasteiger partial charge in [0.25, 0.3) is 0 Å². The molecule has 1 aliphatic rings. The van der Waals surface area contributed by atoms with Crippen LogP contribution in [0, 0.1) is 5.92 Å². The molecule has 1 fully saturated rings. The van der Waals surface area contributed by atoms with E-state index in [1.54, 1.807) is 0 Å². The van der Waals surface area contributed by atoms with E-state index in [4.69, 9.17) is 0 Å². The van der Waals surface area contributed by atoms with Crippen LogP contribution in [-0.2, 0) is 10.2 Å². The van der Waals surface area contributed by atoms with Crippen molar-refractivity contribution in [3.05, 3.63) is 108 Å². The third-order valence-electron chi connectivity index (χ3n) is 5.60. The summed E-state index contributed by atoms with van der Waals surface area (Å²) in [4.78, 5) is 13.0. The Kier molecular flexibility index (Phi) is 5.07. The minimum absolute atomic E-state index is 0.0189. The van der Waals surface area contributed by atoms with Crippen LogP contribution in [0.1, 0.15) is 36.5 Å². The summed E-state index contributed by atoms with van der Waals surface area (Å²) in [5.41, 5.74) is 6.87. The molecule has 1 amide bonds. The number of nitrogens with zero attached hydrogens (tertiary/aromatic N) is 1. The number of hydrazone groups is 1. The van der Waals surface area contributed by atoms with E-state index in [9.17, 15) is 4.79 Å². The topological polar surface area (TPSA) is 41.5 Å². The van der Waals surface area contributed by atoms with Gasteiger partial charge in [-0.3, -0.25) is 4.79 Å². The summed E-state index contributed by atoms with van der Waals surface area (Å²) in [5.74, 6) is -0.135. The van der Waals surface area contributed by atoms with Crippen molar-refractivity contribution in [2.24, 2.45) is 11.0 Å². The molecule has 1 N–H and O–H groups in total. The first kappa shape index (κ1) is 18.2. The quantitative estimate of drug-likeness (QED) is 0.487.